The van der Waals surface area contributed by atoms with Crippen molar-refractivity contribution in [2.75, 3.05) is 0 Å². The van der Waals surface area contributed by atoms with E-state index in [0.717, 1.165) is 10.9 Å². The molecule has 0 atom stereocenters. The standard InChI is InChI=1S/C15H8ClFN4/c16-15-18-12-8-4-2-6-10(12)14-19-13(20-21(14)15)9-5-1-3-7-11(9)17/h1-8H. The predicted molar refractivity (Wildman–Crippen MR) is 78.7 cm³/mol. The fourth-order valence-corrected chi connectivity index (χ4v) is 2.49. The summed E-state index contributed by atoms with van der Waals surface area (Å²) in [5, 5.41) is 5.27. The van der Waals surface area contributed by atoms with E-state index in [-0.39, 0.29) is 16.9 Å². The van der Waals surface area contributed by atoms with Gasteiger partial charge >= 0.3 is 0 Å². The van der Waals surface area contributed by atoms with Crippen molar-refractivity contribution >= 4 is 28.2 Å². The van der Waals surface area contributed by atoms with Crippen molar-refractivity contribution in [2.45, 2.75) is 0 Å². The highest BCUT2D eigenvalue weighted by molar-refractivity contribution is 6.29. The van der Waals surface area contributed by atoms with Gasteiger partial charge in [-0.25, -0.2) is 14.4 Å². The summed E-state index contributed by atoms with van der Waals surface area (Å²) in [6.45, 7) is 0. The summed E-state index contributed by atoms with van der Waals surface area (Å²) < 4.78 is 15.3. The zero-order chi connectivity index (χ0) is 14.4. The summed E-state index contributed by atoms with van der Waals surface area (Å²) in [5.74, 6) is -0.0880. The molecule has 0 aliphatic carbocycles. The molecule has 0 aliphatic heterocycles. The van der Waals surface area contributed by atoms with Gasteiger partial charge in [-0.3, -0.25) is 0 Å². The number of hydrogen-bond donors (Lipinski definition) is 0. The zero-order valence-corrected chi connectivity index (χ0v) is 11.4. The normalized spacial score (nSPS) is 11.3. The molecule has 0 saturated heterocycles. The van der Waals surface area contributed by atoms with Gasteiger partial charge in [-0.2, -0.15) is 4.52 Å². The summed E-state index contributed by atoms with van der Waals surface area (Å²) in [7, 11) is 0. The Kier molecular flexibility index (Phi) is 2.62. The van der Waals surface area contributed by atoms with Crippen molar-refractivity contribution in [1.82, 2.24) is 19.6 Å². The second-order valence-corrected chi connectivity index (χ2v) is 4.89. The van der Waals surface area contributed by atoms with Crippen LogP contribution < -0.4 is 0 Å². The van der Waals surface area contributed by atoms with Gasteiger partial charge in [0.05, 0.1) is 11.1 Å². The van der Waals surface area contributed by atoms with Crippen molar-refractivity contribution in [3.8, 4) is 11.4 Å². The van der Waals surface area contributed by atoms with E-state index in [1.807, 2.05) is 24.3 Å². The molecule has 2 aromatic heterocycles. The highest BCUT2D eigenvalue weighted by atomic mass is 35.5. The second-order valence-electron chi connectivity index (χ2n) is 4.55. The molecule has 0 fully saturated rings. The third-order valence-electron chi connectivity index (χ3n) is 3.25. The topological polar surface area (TPSA) is 43.1 Å². The first-order chi connectivity index (χ1) is 10.2. The van der Waals surface area contributed by atoms with Crippen LogP contribution >= 0.6 is 11.6 Å². The lowest BCUT2D eigenvalue weighted by molar-refractivity contribution is 0.630. The molecule has 4 rings (SSSR count). The van der Waals surface area contributed by atoms with Crippen LogP contribution in [0.15, 0.2) is 48.5 Å². The molecule has 0 aliphatic rings. The summed E-state index contributed by atoms with van der Waals surface area (Å²) in [4.78, 5) is 8.69. The molecular weight excluding hydrogens is 291 g/mol. The van der Waals surface area contributed by atoms with Crippen LogP contribution in [0.25, 0.3) is 27.9 Å². The van der Waals surface area contributed by atoms with E-state index >= 15 is 0 Å². The van der Waals surface area contributed by atoms with Gasteiger partial charge < -0.3 is 0 Å². The lowest BCUT2D eigenvalue weighted by Gasteiger charge is -1.99. The van der Waals surface area contributed by atoms with Crippen LogP contribution in [0.2, 0.25) is 5.28 Å². The molecule has 0 amide bonds. The number of nitrogens with zero attached hydrogens (tertiary/aromatic N) is 4. The van der Waals surface area contributed by atoms with Crippen molar-refractivity contribution in [2.24, 2.45) is 0 Å². The summed E-state index contributed by atoms with van der Waals surface area (Å²) in [6, 6.07) is 13.9. The van der Waals surface area contributed by atoms with Gasteiger partial charge in [0.1, 0.15) is 5.82 Å². The third-order valence-corrected chi connectivity index (χ3v) is 3.50. The molecule has 0 radical (unpaired) electrons. The Morgan fingerprint density at radius 1 is 0.952 bits per heavy atom. The molecule has 21 heavy (non-hydrogen) atoms. The Morgan fingerprint density at radius 2 is 1.71 bits per heavy atom. The average Bonchev–Trinajstić information content (AvgIpc) is 2.94. The van der Waals surface area contributed by atoms with E-state index < -0.39 is 0 Å². The molecule has 4 nitrogen and oxygen atoms in total. The van der Waals surface area contributed by atoms with Gasteiger partial charge in [-0.15, -0.1) is 5.10 Å². The molecule has 0 bridgehead atoms. The van der Waals surface area contributed by atoms with Crippen LogP contribution in [0.3, 0.4) is 0 Å². The smallest absolute Gasteiger partial charge is 0.218 e. The highest BCUT2D eigenvalue weighted by Crippen LogP contribution is 2.25. The molecule has 4 aromatic rings. The summed E-state index contributed by atoms with van der Waals surface area (Å²) in [5.41, 5.74) is 1.62. The zero-order valence-electron chi connectivity index (χ0n) is 10.7. The van der Waals surface area contributed by atoms with Crippen LogP contribution in [0.4, 0.5) is 4.39 Å². The Labute approximate surface area is 123 Å². The van der Waals surface area contributed by atoms with Gasteiger partial charge in [0.15, 0.2) is 11.5 Å². The molecule has 2 aromatic carbocycles. The van der Waals surface area contributed by atoms with Gasteiger partial charge in [-0.05, 0) is 35.9 Å². The Balaban J connectivity index is 2.09. The lowest BCUT2D eigenvalue weighted by atomic mass is 10.2. The number of hydrogen-bond acceptors (Lipinski definition) is 3. The number of rotatable bonds is 1. The number of para-hydroxylation sites is 1. The van der Waals surface area contributed by atoms with E-state index in [2.05, 4.69) is 15.1 Å². The van der Waals surface area contributed by atoms with Crippen molar-refractivity contribution < 1.29 is 4.39 Å². The molecule has 0 spiro atoms. The molecular formula is C15H8ClFN4. The van der Waals surface area contributed by atoms with Crippen LogP contribution in [-0.4, -0.2) is 19.6 Å². The number of aromatic nitrogens is 4. The van der Waals surface area contributed by atoms with E-state index in [0.29, 0.717) is 11.2 Å². The third kappa shape index (κ3) is 1.86. The fourth-order valence-electron chi connectivity index (χ4n) is 2.28. The van der Waals surface area contributed by atoms with Crippen LogP contribution in [0.5, 0.6) is 0 Å². The van der Waals surface area contributed by atoms with Crippen LogP contribution in [0, 0.1) is 5.82 Å². The number of fused-ring (bicyclic) bond motifs is 3. The van der Waals surface area contributed by atoms with Crippen LogP contribution in [0.1, 0.15) is 0 Å². The minimum atomic E-state index is -0.373. The Morgan fingerprint density at radius 3 is 2.57 bits per heavy atom. The minimum Gasteiger partial charge on any atom is -0.218 e. The number of halogens is 2. The molecule has 0 N–H and O–H groups in total. The minimum absolute atomic E-state index is 0.193. The Bertz CT molecular complexity index is 980. The first-order valence-electron chi connectivity index (χ1n) is 6.30. The van der Waals surface area contributed by atoms with Gasteiger partial charge in [-0.1, -0.05) is 24.3 Å². The van der Waals surface area contributed by atoms with E-state index in [4.69, 9.17) is 11.6 Å². The fraction of sp³-hybridized carbons (Fsp3) is 0. The van der Waals surface area contributed by atoms with Gasteiger partial charge in [0.2, 0.25) is 5.28 Å². The van der Waals surface area contributed by atoms with Crippen molar-refractivity contribution in [1.29, 1.82) is 0 Å². The monoisotopic (exact) mass is 298 g/mol. The summed E-state index contributed by atoms with van der Waals surface area (Å²) >= 11 is 6.13. The van der Waals surface area contributed by atoms with Crippen molar-refractivity contribution in [3.05, 3.63) is 59.6 Å². The maximum absolute atomic E-state index is 13.9. The average molecular weight is 299 g/mol. The maximum Gasteiger partial charge on any atom is 0.226 e. The van der Waals surface area contributed by atoms with E-state index in [9.17, 15) is 4.39 Å². The highest BCUT2D eigenvalue weighted by Gasteiger charge is 2.15. The van der Waals surface area contributed by atoms with Gasteiger partial charge in [0.25, 0.3) is 0 Å². The van der Waals surface area contributed by atoms with E-state index in [1.165, 1.54) is 10.6 Å². The molecule has 102 valence electrons. The summed E-state index contributed by atoms with van der Waals surface area (Å²) in [6.07, 6.45) is 0. The largest absolute Gasteiger partial charge is 0.226 e. The molecule has 0 unspecified atom stereocenters. The second kappa shape index (κ2) is 4.49. The van der Waals surface area contributed by atoms with Gasteiger partial charge in [0, 0.05) is 5.39 Å². The van der Waals surface area contributed by atoms with Crippen LogP contribution in [-0.2, 0) is 0 Å². The lowest BCUT2D eigenvalue weighted by Crippen LogP contribution is -1.94. The molecule has 0 saturated carbocycles. The predicted octanol–water partition coefficient (Wildman–Crippen LogP) is 3.74. The SMILES string of the molecule is Fc1ccccc1-c1nc2c3ccccc3nc(Cl)n2n1. The first-order valence-corrected chi connectivity index (χ1v) is 6.68. The quantitative estimate of drug-likeness (QED) is 0.503. The first kappa shape index (κ1) is 12.2. The van der Waals surface area contributed by atoms with Crippen molar-refractivity contribution in [3.63, 3.8) is 0 Å². The maximum atomic E-state index is 13.9. The molecule has 2 heterocycles. The van der Waals surface area contributed by atoms with E-state index in [1.54, 1.807) is 18.2 Å². The Hall–Kier alpha value is -2.53. The molecule has 6 heteroatoms. The number of benzene rings is 2.